The van der Waals surface area contributed by atoms with Crippen LogP contribution in [0.1, 0.15) is 74.1 Å². The number of anilines is 1. The number of piperazine rings is 1. The van der Waals surface area contributed by atoms with Crippen molar-refractivity contribution in [2.45, 2.75) is 60.0 Å². The van der Waals surface area contributed by atoms with Gasteiger partial charge in [0.15, 0.2) is 0 Å². The van der Waals surface area contributed by atoms with Crippen LogP contribution in [0.2, 0.25) is 10.0 Å². The molecule has 320 valence electrons. The number of halogens is 2. The zero-order valence-electron chi connectivity index (χ0n) is 35.9. The lowest BCUT2D eigenvalue weighted by atomic mass is 9.97. The largest absolute Gasteiger partial charge is 0.494 e. The second-order valence-corrected chi connectivity index (χ2v) is 17.3. The van der Waals surface area contributed by atoms with Gasteiger partial charge in [0.1, 0.15) is 17.3 Å². The maximum atomic E-state index is 15.2. The fraction of sp³-hybridized carbons (Fsp3) is 0.404. The molecular formula is C47H53Cl2N7O5. The van der Waals surface area contributed by atoms with E-state index in [1.165, 1.54) is 0 Å². The quantitative estimate of drug-likeness (QED) is 0.114. The number of fused-ring (bicyclic) bond motifs is 4. The van der Waals surface area contributed by atoms with Crippen LogP contribution < -0.4 is 9.64 Å². The molecule has 3 aromatic carbocycles. The molecule has 0 aliphatic carbocycles. The van der Waals surface area contributed by atoms with E-state index in [-0.39, 0.29) is 17.5 Å². The molecule has 1 N–H and O–H groups in total. The molecule has 12 nitrogen and oxygen atoms in total. The van der Waals surface area contributed by atoms with Crippen molar-refractivity contribution in [3.8, 4) is 16.9 Å². The summed E-state index contributed by atoms with van der Waals surface area (Å²) >= 11 is 13.7. The predicted molar refractivity (Wildman–Crippen MR) is 242 cm³/mol. The highest BCUT2D eigenvalue weighted by Crippen LogP contribution is 2.45. The SMILES string of the molecule is COCCN1CCN(Cc2nc(C)c(-c3c(Cl)ccc4c(CCCOc5cc(C)c(Cl)c(C)c5)c5n(c34)C(C)CN(c3cn(C)c4ccc(C(=O)O)cc34)C5=O)c(C)n2)CC1. The number of carboxylic acid groups (broad SMARTS) is 1. The Morgan fingerprint density at radius 3 is 2.26 bits per heavy atom. The summed E-state index contributed by atoms with van der Waals surface area (Å²) in [6.45, 7) is 17.0. The summed E-state index contributed by atoms with van der Waals surface area (Å²) in [6.07, 6.45) is 3.11. The Hall–Kier alpha value is -4.98. The predicted octanol–water partition coefficient (Wildman–Crippen LogP) is 8.83. The summed E-state index contributed by atoms with van der Waals surface area (Å²) in [6, 6.07) is 12.7. The van der Waals surface area contributed by atoms with E-state index >= 15 is 4.79 Å². The molecule has 1 atom stereocenters. The van der Waals surface area contributed by atoms with Gasteiger partial charge in [-0.3, -0.25) is 14.6 Å². The van der Waals surface area contributed by atoms with Crippen LogP contribution in [0, 0.1) is 27.7 Å². The van der Waals surface area contributed by atoms with Crippen molar-refractivity contribution in [3.05, 3.63) is 104 Å². The first-order valence-corrected chi connectivity index (χ1v) is 21.7. The number of ether oxygens (including phenoxy) is 2. The molecule has 0 bridgehead atoms. The summed E-state index contributed by atoms with van der Waals surface area (Å²) in [7, 11) is 3.65. The maximum absolute atomic E-state index is 15.2. The van der Waals surface area contributed by atoms with Crippen molar-refractivity contribution in [1.82, 2.24) is 28.9 Å². The molecule has 0 radical (unpaired) electrons. The minimum Gasteiger partial charge on any atom is -0.494 e. The van der Waals surface area contributed by atoms with Crippen LogP contribution >= 0.6 is 23.2 Å². The molecule has 5 heterocycles. The molecule has 2 aliphatic rings. The number of hydrogen-bond donors (Lipinski definition) is 1. The van der Waals surface area contributed by atoms with Gasteiger partial charge < -0.3 is 28.6 Å². The van der Waals surface area contributed by atoms with Crippen LogP contribution in [0.15, 0.2) is 48.7 Å². The van der Waals surface area contributed by atoms with Crippen LogP contribution in [0.5, 0.6) is 5.75 Å². The van der Waals surface area contributed by atoms with E-state index in [0.717, 1.165) is 112 Å². The average Bonchev–Trinajstić information content (AvgIpc) is 3.74. The number of hydrogen-bond acceptors (Lipinski definition) is 8. The van der Waals surface area contributed by atoms with Gasteiger partial charge in [0, 0.05) is 109 Å². The molecule has 6 aromatic rings. The number of nitrogens with zero attached hydrogens (tertiary/aromatic N) is 7. The average molecular weight is 867 g/mol. The van der Waals surface area contributed by atoms with Gasteiger partial charge in [-0.25, -0.2) is 14.8 Å². The number of aromatic nitrogens is 4. The maximum Gasteiger partial charge on any atom is 0.335 e. The van der Waals surface area contributed by atoms with Gasteiger partial charge in [0.25, 0.3) is 5.91 Å². The van der Waals surface area contributed by atoms with Gasteiger partial charge in [-0.05, 0) is 101 Å². The number of methoxy groups -OCH3 is 1. The smallest absolute Gasteiger partial charge is 0.335 e. The Balaban J connectivity index is 1.20. The summed E-state index contributed by atoms with van der Waals surface area (Å²) < 4.78 is 15.7. The number of rotatable bonds is 13. The number of carboxylic acids is 1. The third-order valence-corrected chi connectivity index (χ3v) is 13.2. The minimum absolute atomic E-state index is 0.160. The number of aromatic carboxylic acids is 1. The highest BCUT2D eigenvalue weighted by molar-refractivity contribution is 6.35. The number of aryl methyl sites for hydroxylation is 6. The van der Waals surface area contributed by atoms with E-state index in [1.807, 2.05) is 69.8 Å². The van der Waals surface area contributed by atoms with E-state index in [0.29, 0.717) is 54.3 Å². The molecule has 1 saturated heterocycles. The zero-order valence-corrected chi connectivity index (χ0v) is 37.5. The van der Waals surface area contributed by atoms with Crippen LogP contribution in [-0.2, 0) is 24.8 Å². The van der Waals surface area contributed by atoms with E-state index in [9.17, 15) is 9.90 Å². The molecule has 14 heteroatoms. The molecule has 61 heavy (non-hydrogen) atoms. The van der Waals surface area contributed by atoms with Gasteiger partial charge >= 0.3 is 5.97 Å². The van der Waals surface area contributed by atoms with Gasteiger partial charge in [-0.15, -0.1) is 0 Å². The molecule has 0 spiro atoms. The molecule has 1 unspecified atom stereocenters. The molecule has 1 amide bonds. The Morgan fingerprint density at radius 2 is 1.59 bits per heavy atom. The van der Waals surface area contributed by atoms with Crippen LogP contribution in [0.4, 0.5) is 5.69 Å². The van der Waals surface area contributed by atoms with Crippen molar-refractivity contribution < 1.29 is 24.2 Å². The lowest BCUT2D eigenvalue weighted by molar-refractivity contribution is 0.0696. The van der Waals surface area contributed by atoms with E-state index in [2.05, 4.69) is 21.3 Å². The van der Waals surface area contributed by atoms with Gasteiger partial charge in [-0.2, -0.15) is 0 Å². The van der Waals surface area contributed by atoms with Crippen LogP contribution in [0.3, 0.4) is 0 Å². The van der Waals surface area contributed by atoms with Gasteiger partial charge in [-0.1, -0.05) is 29.3 Å². The van der Waals surface area contributed by atoms with E-state index in [1.54, 1.807) is 30.2 Å². The Morgan fingerprint density at radius 1 is 0.902 bits per heavy atom. The summed E-state index contributed by atoms with van der Waals surface area (Å²) in [5, 5.41) is 12.8. The highest BCUT2D eigenvalue weighted by atomic mass is 35.5. The highest BCUT2D eigenvalue weighted by Gasteiger charge is 2.38. The number of carbonyl (C=O) groups is 2. The van der Waals surface area contributed by atoms with Crippen molar-refractivity contribution in [2.75, 3.05) is 64.5 Å². The van der Waals surface area contributed by atoms with Gasteiger partial charge in [0.05, 0.1) is 41.5 Å². The number of carbonyl (C=O) groups excluding carboxylic acids is 1. The first-order chi connectivity index (χ1) is 29.2. The van der Waals surface area contributed by atoms with E-state index in [4.69, 9.17) is 42.6 Å². The first kappa shape index (κ1) is 42.7. The number of benzene rings is 3. The van der Waals surface area contributed by atoms with Crippen molar-refractivity contribution >= 4 is 62.6 Å². The monoisotopic (exact) mass is 865 g/mol. The Bertz CT molecular complexity index is 2640. The van der Waals surface area contributed by atoms with Crippen molar-refractivity contribution in [3.63, 3.8) is 0 Å². The topological polar surface area (TPSA) is 118 Å². The second kappa shape index (κ2) is 17.4. The summed E-state index contributed by atoms with van der Waals surface area (Å²) in [4.78, 5) is 44.1. The van der Waals surface area contributed by atoms with E-state index < -0.39 is 5.97 Å². The van der Waals surface area contributed by atoms with Crippen LogP contribution in [0.25, 0.3) is 32.9 Å². The minimum atomic E-state index is -1.02. The normalized spacial score (nSPS) is 16.2. The Labute approximate surface area is 366 Å². The van der Waals surface area contributed by atoms with Gasteiger partial charge in [0.2, 0.25) is 0 Å². The molecule has 1 fully saturated rings. The molecule has 2 aliphatic heterocycles. The Kier molecular flexibility index (Phi) is 12.2. The van der Waals surface area contributed by atoms with Crippen molar-refractivity contribution in [2.24, 2.45) is 7.05 Å². The lowest BCUT2D eigenvalue weighted by Crippen LogP contribution is -2.47. The third-order valence-electron chi connectivity index (χ3n) is 12.3. The number of amides is 1. The fourth-order valence-corrected chi connectivity index (χ4v) is 9.69. The standard InChI is InChI=1S/C47H53Cl2N7O5/c1-27-21-33(22-28(2)43(27)49)61-19-8-9-34-35-11-12-37(48)42(41-30(4)50-40(51-31(41)5)26-54-16-14-53(15-17-54)18-20-60-7)44(35)56-29(3)24-55(46(57)45(34)56)39-25-52(6)38-13-10-32(47(58)59)23-36(38)39/h10-13,21-23,25,29H,8-9,14-20,24,26H2,1-7H3,(H,58,59). The summed E-state index contributed by atoms with van der Waals surface area (Å²) in [5.74, 6) is 0.346. The van der Waals surface area contributed by atoms with Crippen molar-refractivity contribution in [1.29, 1.82) is 0 Å². The van der Waals surface area contributed by atoms with Crippen LogP contribution in [-0.4, -0.2) is 105 Å². The first-order valence-electron chi connectivity index (χ1n) is 20.9. The second-order valence-electron chi connectivity index (χ2n) is 16.6. The third kappa shape index (κ3) is 8.12. The zero-order chi connectivity index (χ0) is 43.3. The molecular weight excluding hydrogens is 813 g/mol. The molecule has 3 aromatic heterocycles. The molecule has 0 saturated carbocycles. The fourth-order valence-electron chi connectivity index (χ4n) is 9.33. The summed E-state index contributed by atoms with van der Waals surface area (Å²) in [5.41, 5.74) is 9.29. The molecule has 8 rings (SSSR count). The lowest BCUT2D eigenvalue weighted by Gasteiger charge is -2.34.